The van der Waals surface area contributed by atoms with E-state index >= 15 is 0 Å². The number of para-hydroxylation sites is 1. The van der Waals surface area contributed by atoms with E-state index in [2.05, 4.69) is 35.4 Å². The highest BCUT2D eigenvalue weighted by molar-refractivity contribution is 5.50. The molecule has 3 nitrogen and oxygen atoms in total. The normalized spacial score (nSPS) is 18.4. The molecule has 1 atom stereocenters. The number of rotatable bonds is 2. The summed E-state index contributed by atoms with van der Waals surface area (Å²) >= 11 is 0. The second-order valence-corrected chi connectivity index (χ2v) is 4.61. The SMILES string of the molecule is N#CN1CCN(c2ccccc2)C1c1ccccc1. The van der Waals surface area contributed by atoms with Crippen molar-refractivity contribution in [1.29, 1.82) is 5.26 Å². The number of nitriles is 1. The minimum Gasteiger partial charge on any atom is -0.345 e. The second kappa shape index (κ2) is 5.03. The zero-order valence-electron chi connectivity index (χ0n) is 10.6. The molecule has 0 spiro atoms. The van der Waals surface area contributed by atoms with Gasteiger partial charge in [0, 0.05) is 18.8 Å². The molecule has 2 aromatic carbocycles. The van der Waals surface area contributed by atoms with Gasteiger partial charge in [-0.2, -0.15) is 5.26 Å². The van der Waals surface area contributed by atoms with Gasteiger partial charge in [-0.3, -0.25) is 4.90 Å². The summed E-state index contributed by atoms with van der Waals surface area (Å²) in [6.07, 6.45) is 2.31. The Labute approximate surface area is 113 Å². The number of anilines is 1. The molecule has 2 aromatic rings. The summed E-state index contributed by atoms with van der Waals surface area (Å²) in [7, 11) is 0. The zero-order chi connectivity index (χ0) is 13.1. The van der Waals surface area contributed by atoms with Crippen LogP contribution in [0.4, 0.5) is 5.69 Å². The molecule has 0 bridgehead atoms. The first-order valence-electron chi connectivity index (χ1n) is 6.43. The molecule has 0 N–H and O–H groups in total. The first kappa shape index (κ1) is 11.6. The van der Waals surface area contributed by atoms with Crippen molar-refractivity contribution in [2.24, 2.45) is 0 Å². The molecule has 0 amide bonds. The molecule has 94 valence electrons. The molecule has 1 unspecified atom stereocenters. The Balaban J connectivity index is 1.99. The van der Waals surface area contributed by atoms with Gasteiger partial charge in [0.2, 0.25) is 0 Å². The molecule has 19 heavy (non-hydrogen) atoms. The summed E-state index contributed by atoms with van der Waals surface area (Å²) in [5.41, 5.74) is 2.32. The quantitative estimate of drug-likeness (QED) is 0.766. The van der Waals surface area contributed by atoms with Crippen molar-refractivity contribution >= 4 is 5.69 Å². The van der Waals surface area contributed by atoms with Gasteiger partial charge >= 0.3 is 0 Å². The van der Waals surface area contributed by atoms with E-state index < -0.39 is 0 Å². The number of nitrogens with zero attached hydrogens (tertiary/aromatic N) is 3. The van der Waals surface area contributed by atoms with Crippen LogP contribution in [0.1, 0.15) is 11.7 Å². The van der Waals surface area contributed by atoms with Gasteiger partial charge in [0.25, 0.3) is 0 Å². The van der Waals surface area contributed by atoms with Crippen molar-refractivity contribution in [1.82, 2.24) is 4.90 Å². The van der Waals surface area contributed by atoms with Crippen LogP contribution in [0.2, 0.25) is 0 Å². The van der Waals surface area contributed by atoms with E-state index in [1.807, 2.05) is 41.3 Å². The smallest absolute Gasteiger partial charge is 0.181 e. The Hall–Kier alpha value is -2.47. The summed E-state index contributed by atoms with van der Waals surface area (Å²) < 4.78 is 0. The van der Waals surface area contributed by atoms with E-state index in [9.17, 15) is 5.26 Å². The largest absolute Gasteiger partial charge is 0.345 e. The van der Waals surface area contributed by atoms with Crippen LogP contribution in [0.5, 0.6) is 0 Å². The molecular formula is C16H15N3. The highest BCUT2D eigenvalue weighted by Crippen LogP contribution is 2.33. The monoisotopic (exact) mass is 249 g/mol. The summed E-state index contributed by atoms with van der Waals surface area (Å²) in [6, 6.07) is 20.5. The van der Waals surface area contributed by atoms with Gasteiger partial charge in [-0.15, -0.1) is 0 Å². The van der Waals surface area contributed by atoms with Crippen molar-refractivity contribution in [3.8, 4) is 6.19 Å². The minimum atomic E-state index is 0.00796. The van der Waals surface area contributed by atoms with Crippen molar-refractivity contribution in [3.63, 3.8) is 0 Å². The maximum Gasteiger partial charge on any atom is 0.181 e. The van der Waals surface area contributed by atoms with Gasteiger partial charge in [-0.1, -0.05) is 48.5 Å². The highest BCUT2D eigenvalue weighted by atomic mass is 15.4. The van der Waals surface area contributed by atoms with Crippen LogP contribution in [0.15, 0.2) is 60.7 Å². The number of hydrogen-bond donors (Lipinski definition) is 0. The lowest BCUT2D eigenvalue weighted by atomic mass is 10.1. The van der Waals surface area contributed by atoms with Crippen molar-refractivity contribution in [3.05, 3.63) is 66.2 Å². The molecule has 0 saturated carbocycles. The molecule has 0 radical (unpaired) electrons. The summed E-state index contributed by atoms with van der Waals surface area (Å²) in [6.45, 7) is 1.64. The highest BCUT2D eigenvalue weighted by Gasteiger charge is 2.32. The first-order chi connectivity index (χ1) is 9.40. The molecular weight excluding hydrogens is 234 g/mol. The zero-order valence-corrected chi connectivity index (χ0v) is 10.6. The Morgan fingerprint density at radius 2 is 1.53 bits per heavy atom. The average molecular weight is 249 g/mol. The Kier molecular flexibility index (Phi) is 3.07. The predicted molar refractivity (Wildman–Crippen MR) is 75.3 cm³/mol. The van der Waals surface area contributed by atoms with Crippen molar-refractivity contribution in [2.75, 3.05) is 18.0 Å². The van der Waals surface area contributed by atoms with Gasteiger partial charge in [0.15, 0.2) is 6.19 Å². The molecule has 1 aliphatic heterocycles. The van der Waals surface area contributed by atoms with E-state index in [1.165, 1.54) is 0 Å². The summed E-state index contributed by atoms with van der Waals surface area (Å²) in [4.78, 5) is 4.11. The fourth-order valence-electron chi connectivity index (χ4n) is 2.61. The van der Waals surface area contributed by atoms with Crippen LogP contribution in [0, 0.1) is 11.5 Å². The van der Waals surface area contributed by atoms with Crippen LogP contribution < -0.4 is 4.90 Å². The molecule has 1 fully saturated rings. The topological polar surface area (TPSA) is 30.3 Å². The third kappa shape index (κ3) is 2.13. The van der Waals surface area contributed by atoms with Gasteiger partial charge in [-0.25, -0.2) is 0 Å². The van der Waals surface area contributed by atoms with Crippen molar-refractivity contribution in [2.45, 2.75) is 6.17 Å². The van der Waals surface area contributed by atoms with E-state index in [0.29, 0.717) is 0 Å². The lowest BCUT2D eigenvalue weighted by Gasteiger charge is -2.29. The molecule has 0 aliphatic carbocycles. The molecule has 1 heterocycles. The maximum atomic E-state index is 9.31. The lowest BCUT2D eigenvalue weighted by Crippen LogP contribution is -2.28. The summed E-state index contributed by atoms with van der Waals surface area (Å²) in [5.74, 6) is 0. The number of hydrogen-bond acceptors (Lipinski definition) is 3. The van der Waals surface area contributed by atoms with Crippen molar-refractivity contribution < 1.29 is 0 Å². The van der Waals surface area contributed by atoms with E-state index in [1.54, 1.807) is 0 Å². The van der Waals surface area contributed by atoms with E-state index in [4.69, 9.17) is 0 Å². The van der Waals surface area contributed by atoms with Gasteiger partial charge in [0.05, 0.1) is 0 Å². The Morgan fingerprint density at radius 1 is 0.895 bits per heavy atom. The van der Waals surface area contributed by atoms with Gasteiger partial charge in [-0.05, 0) is 17.7 Å². The van der Waals surface area contributed by atoms with Crippen LogP contribution >= 0.6 is 0 Å². The fraction of sp³-hybridized carbons (Fsp3) is 0.188. The fourth-order valence-corrected chi connectivity index (χ4v) is 2.61. The molecule has 0 aromatic heterocycles. The Bertz CT molecular complexity index is 574. The molecule has 3 rings (SSSR count). The third-order valence-corrected chi connectivity index (χ3v) is 3.49. The first-order valence-corrected chi connectivity index (χ1v) is 6.43. The predicted octanol–water partition coefficient (Wildman–Crippen LogP) is 2.99. The van der Waals surface area contributed by atoms with E-state index in [0.717, 1.165) is 24.3 Å². The minimum absolute atomic E-state index is 0.00796. The van der Waals surface area contributed by atoms with Crippen LogP contribution in [0.25, 0.3) is 0 Å². The maximum absolute atomic E-state index is 9.31. The second-order valence-electron chi connectivity index (χ2n) is 4.61. The van der Waals surface area contributed by atoms with Crippen LogP contribution in [0.3, 0.4) is 0 Å². The molecule has 3 heteroatoms. The van der Waals surface area contributed by atoms with Gasteiger partial charge in [0.1, 0.15) is 6.17 Å². The van der Waals surface area contributed by atoms with Crippen LogP contribution in [-0.4, -0.2) is 18.0 Å². The van der Waals surface area contributed by atoms with E-state index in [-0.39, 0.29) is 6.17 Å². The lowest BCUT2D eigenvalue weighted by molar-refractivity contribution is 0.375. The Morgan fingerprint density at radius 3 is 2.16 bits per heavy atom. The van der Waals surface area contributed by atoms with Gasteiger partial charge < -0.3 is 4.90 Å². The average Bonchev–Trinajstić information content (AvgIpc) is 2.93. The number of benzene rings is 2. The molecule has 1 aliphatic rings. The standard InChI is InChI=1S/C16H15N3/c17-13-18-11-12-19(15-9-5-2-6-10-15)16(18)14-7-3-1-4-8-14/h1-10,16H,11-12H2. The third-order valence-electron chi connectivity index (χ3n) is 3.49. The molecule has 1 saturated heterocycles. The summed E-state index contributed by atoms with van der Waals surface area (Å²) in [5, 5.41) is 9.31. The van der Waals surface area contributed by atoms with Crippen LogP contribution in [-0.2, 0) is 0 Å².